The molecule has 0 saturated carbocycles. The van der Waals surface area contributed by atoms with Gasteiger partial charge in [-0.1, -0.05) is 76.2 Å². The Morgan fingerprint density at radius 3 is 1.67 bits per heavy atom. The summed E-state index contributed by atoms with van der Waals surface area (Å²) < 4.78 is 0. The van der Waals surface area contributed by atoms with Gasteiger partial charge < -0.3 is 0 Å². The van der Waals surface area contributed by atoms with Gasteiger partial charge in [0.25, 0.3) is 0 Å². The van der Waals surface area contributed by atoms with E-state index in [4.69, 9.17) is 0 Å². The Hall–Kier alpha value is -2.09. The molecule has 0 atom stereocenters. The van der Waals surface area contributed by atoms with E-state index in [0.717, 1.165) is 17.0 Å². The van der Waals surface area contributed by atoms with Gasteiger partial charge in [-0.05, 0) is 24.6 Å². The van der Waals surface area contributed by atoms with Gasteiger partial charge in [-0.15, -0.1) is 0 Å². The molecule has 2 aromatic carbocycles. The molecule has 0 spiro atoms. The summed E-state index contributed by atoms with van der Waals surface area (Å²) in [6.45, 7) is 10.0. The van der Waals surface area contributed by atoms with Crippen LogP contribution in [0.3, 0.4) is 0 Å². The van der Waals surface area contributed by atoms with Crippen molar-refractivity contribution in [3.05, 3.63) is 66.2 Å². The Morgan fingerprint density at radius 2 is 1.19 bits per heavy atom. The first-order valence-electron chi connectivity index (χ1n) is 7.67. The largest absolute Gasteiger partial charge is 0.268 e. The standard InChI is InChI=1S/C15H16N2.2C2H6/c1-13(14-9-5-3-6-10-14)16-17(2)15-11-7-4-8-12-15;2*1-2/h3-12H,1-2H3;2*1-2H3/b16-13+;;. The van der Waals surface area contributed by atoms with E-state index in [0.29, 0.717) is 0 Å². The van der Waals surface area contributed by atoms with Gasteiger partial charge in [-0.3, -0.25) is 5.01 Å². The highest BCUT2D eigenvalue weighted by molar-refractivity contribution is 5.99. The van der Waals surface area contributed by atoms with Crippen molar-refractivity contribution >= 4 is 11.4 Å². The fraction of sp³-hybridized carbons (Fsp3) is 0.316. The third-order valence-corrected chi connectivity index (χ3v) is 2.62. The molecular formula is C19H28N2. The van der Waals surface area contributed by atoms with Crippen molar-refractivity contribution in [1.29, 1.82) is 0 Å². The molecule has 2 rings (SSSR count). The number of hydrazone groups is 1. The first-order chi connectivity index (χ1) is 10.3. The second-order valence-electron chi connectivity index (χ2n) is 3.91. The van der Waals surface area contributed by atoms with E-state index < -0.39 is 0 Å². The van der Waals surface area contributed by atoms with Crippen LogP contribution in [0.15, 0.2) is 65.8 Å². The number of hydrogen-bond donors (Lipinski definition) is 0. The number of anilines is 1. The average Bonchev–Trinajstić information content (AvgIpc) is 2.60. The Kier molecular flexibility index (Phi) is 10.5. The molecule has 0 aliphatic rings. The maximum absolute atomic E-state index is 4.57. The smallest absolute Gasteiger partial charge is 0.0650 e. The van der Waals surface area contributed by atoms with Crippen LogP contribution >= 0.6 is 0 Å². The van der Waals surface area contributed by atoms with Gasteiger partial charge in [0.2, 0.25) is 0 Å². The minimum atomic E-state index is 1.01. The third kappa shape index (κ3) is 6.75. The highest BCUT2D eigenvalue weighted by Crippen LogP contribution is 2.12. The van der Waals surface area contributed by atoms with Crippen molar-refractivity contribution in [2.24, 2.45) is 5.10 Å². The third-order valence-electron chi connectivity index (χ3n) is 2.62. The van der Waals surface area contributed by atoms with Crippen molar-refractivity contribution in [2.75, 3.05) is 12.1 Å². The van der Waals surface area contributed by atoms with Crippen LogP contribution in [0.1, 0.15) is 40.2 Å². The number of rotatable bonds is 3. The second kappa shape index (κ2) is 11.7. The zero-order chi connectivity index (χ0) is 16.1. The molecule has 21 heavy (non-hydrogen) atoms. The number of benzene rings is 2. The average molecular weight is 284 g/mol. The van der Waals surface area contributed by atoms with Crippen LogP contribution in [-0.4, -0.2) is 12.8 Å². The maximum atomic E-state index is 4.57. The van der Waals surface area contributed by atoms with E-state index in [9.17, 15) is 0 Å². The van der Waals surface area contributed by atoms with Gasteiger partial charge >= 0.3 is 0 Å². The van der Waals surface area contributed by atoms with E-state index in [1.165, 1.54) is 0 Å². The molecule has 2 aromatic rings. The molecule has 114 valence electrons. The molecule has 0 saturated heterocycles. The molecule has 2 heteroatoms. The molecule has 0 aliphatic heterocycles. The molecule has 0 bridgehead atoms. The van der Waals surface area contributed by atoms with E-state index >= 15 is 0 Å². The second-order valence-corrected chi connectivity index (χ2v) is 3.91. The lowest BCUT2D eigenvalue weighted by atomic mass is 10.1. The van der Waals surface area contributed by atoms with Gasteiger partial charge in [0.1, 0.15) is 0 Å². The summed E-state index contributed by atoms with van der Waals surface area (Å²) in [6.07, 6.45) is 0. The van der Waals surface area contributed by atoms with E-state index in [1.807, 2.05) is 95.2 Å². The zero-order valence-electron chi connectivity index (χ0n) is 14.2. The van der Waals surface area contributed by atoms with E-state index in [1.54, 1.807) is 0 Å². The first kappa shape index (κ1) is 18.9. The highest BCUT2D eigenvalue weighted by atomic mass is 15.4. The van der Waals surface area contributed by atoms with Crippen LogP contribution in [0, 0.1) is 0 Å². The zero-order valence-corrected chi connectivity index (χ0v) is 14.2. The van der Waals surface area contributed by atoms with Crippen LogP contribution in [0.4, 0.5) is 5.69 Å². The van der Waals surface area contributed by atoms with Gasteiger partial charge in [-0.2, -0.15) is 5.10 Å². The molecule has 0 aromatic heterocycles. The molecule has 0 amide bonds. The molecular weight excluding hydrogens is 256 g/mol. The molecule has 0 heterocycles. The van der Waals surface area contributed by atoms with Gasteiger partial charge in [0, 0.05) is 7.05 Å². The normalized spacial score (nSPS) is 9.71. The summed E-state index contributed by atoms with van der Waals surface area (Å²) in [5, 5.41) is 6.46. The SMILES string of the molecule is C/C(=N\N(C)c1ccccc1)c1ccccc1.CC.CC. The Morgan fingerprint density at radius 1 is 0.762 bits per heavy atom. The van der Waals surface area contributed by atoms with Crippen LogP contribution in [0.25, 0.3) is 0 Å². The monoisotopic (exact) mass is 284 g/mol. The van der Waals surface area contributed by atoms with E-state index in [-0.39, 0.29) is 0 Å². The predicted molar refractivity (Wildman–Crippen MR) is 96.2 cm³/mol. The summed E-state index contributed by atoms with van der Waals surface area (Å²) >= 11 is 0. The molecule has 0 unspecified atom stereocenters. The van der Waals surface area contributed by atoms with Crippen molar-refractivity contribution in [3.8, 4) is 0 Å². The lowest BCUT2D eigenvalue weighted by molar-refractivity contribution is 1.01. The Bertz CT molecular complexity index is 489. The Labute approximate surface area is 130 Å². The molecule has 2 nitrogen and oxygen atoms in total. The molecule has 0 N–H and O–H groups in total. The lowest BCUT2D eigenvalue weighted by Gasteiger charge is -2.14. The van der Waals surface area contributed by atoms with Gasteiger partial charge in [0.05, 0.1) is 11.4 Å². The molecule has 0 fully saturated rings. The molecule has 0 radical (unpaired) electrons. The van der Waals surface area contributed by atoms with Crippen molar-refractivity contribution in [2.45, 2.75) is 34.6 Å². The summed E-state index contributed by atoms with van der Waals surface area (Å²) in [7, 11) is 1.96. The van der Waals surface area contributed by atoms with Crippen molar-refractivity contribution in [1.82, 2.24) is 0 Å². The number of para-hydroxylation sites is 1. The summed E-state index contributed by atoms with van der Waals surface area (Å²) in [6, 6.07) is 20.3. The highest BCUT2D eigenvalue weighted by Gasteiger charge is 2.00. The quantitative estimate of drug-likeness (QED) is 0.529. The number of hydrogen-bond acceptors (Lipinski definition) is 2. The van der Waals surface area contributed by atoms with Gasteiger partial charge in [0.15, 0.2) is 0 Å². The van der Waals surface area contributed by atoms with Crippen LogP contribution in [-0.2, 0) is 0 Å². The molecule has 0 aliphatic carbocycles. The fourth-order valence-electron chi connectivity index (χ4n) is 1.66. The summed E-state index contributed by atoms with van der Waals surface area (Å²) in [4.78, 5) is 0. The van der Waals surface area contributed by atoms with Crippen molar-refractivity contribution < 1.29 is 0 Å². The van der Waals surface area contributed by atoms with Crippen molar-refractivity contribution in [3.63, 3.8) is 0 Å². The Balaban J connectivity index is 0.000000921. The van der Waals surface area contributed by atoms with Crippen LogP contribution in [0.2, 0.25) is 0 Å². The summed E-state index contributed by atoms with van der Waals surface area (Å²) in [5.74, 6) is 0. The summed E-state index contributed by atoms with van der Waals surface area (Å²) in [5.41, 5.74) is 3.25. The topological polar surface area (TPSA) is 15.6 Å². The fourth-order valence-corrected chi connectivity index (χ4v) is 1.66. The van der Waals surface area contributed by atoms with Gasteiger partial charge in [-0.25, -0.2) is 0 Å². The number of nitrogens with zero attached hydrogens (tertiary/aromatic N) is 2. The first-order valence-corrected chi connectivity index (χ1v) is 7.67. The maximum Gasteiger partial charge on any atom is 0.0650 e. The lowest BCUT2D eigenvalue weighted by Crippen LogP contribution is -2.12. The minimum Gasteiger partial charge on any atom is -0.268 e. The predicted octanol–water partition coefficient (Wildman–Crippen LogP) is 5.60. The minimum absolute atomic E-state index is 1.01. The van der Waals surface area contributed by atoms with Crippen LogP contribution < -0.4 is 5.01 Å². The van der Waals surface area contributed by atoms with Crippen LogP contribution in [0.5, 0.6) is 0 Å². The van der Waals surface area contributed by atoms with E-state index in [2.05, 4.69) is 17.2 Å².